The summed E-state index contributed by atoms with van der Waals surface area (Å²) in [6, 6.07) is 6.26. The summed E-state index contributed by atoms with van der Waals surface area (Å²) in [5.41, 5.74) is 2.50. The lowest BCUT2D eigenvalue weighted by molar-refractivity contribution is 0.296. The molecule has 0 unspecified atom stereocenters. The second kappa shape index (κ2) is 6.51. The van der Waals surface area contributed by atoms with Crippen LogP contribution in [0.15, 0.2) is 18.2 Å². The normalized spacial score (nSPS) is 11.0. The molecule has 0 aromatic heterocycles. The van der Waals surface area contributed by atoms with Gasteiger partial charge in [0.2, 0.25) is 0 Å². The van der Waals surface area contributed by atoms with Crippen LogP contribution in [-0.2, 0) is 11.9 Å². The molecule has 0 N–H and O–H groups in total. The van der Waals surface area contributed by atoms with Gasteiger partial charge in [-0.25, -0.2) is 0 Å². The van der Waals surface area contributed by atoms with Crippen molar-refractivity contribution in [3.63, 3.8) is 0 Å². The zero-order chi connectivity index (χ0) is 11.3. The zero-order valence-corrected chi connectivity index (χ0v) is 11.6. The molecule has 0 aliphatic carbocycles. The molecule has 0 aliphatic rings. The Morgan fingerprint density at radius 3 is 2.47 bits per heavy atom. The van der Waals surface area contributed by atoms with Gasteiger partial charge in [0.1, 0.15) is 0 Å². The van der Waals surface area contributed by atoms with Crippen molar-refractivity contribution in [2.24, 2.45) is 0 Å². The molecule has 0 spiro atoms. The topological polar surface area (TPSA) is 3.24 Å². The number of nitrogens with zero attached hydrogens (tertiary/aromatic N) is 1. The van der Waals surface area contributed by atoms with Gasteiger partial charge < -0.3 is 0 Å². The third kappa shape index (κ3) is 3.78. The first-order valence-electron chi connectivity index (χ1n) is 5.26. The van der Waals surface area contributed by atoms with Crippen molar-refractivity contribution in [1.82, 2.24) is 4.90 Å². The minimum atomic E-state index is 0.817. The summed E-state index contributed by atoms with van der Waals surface area (Å²) in [4.78, 5) is 2.39. The number of hydrogen-bond donors (Lipinski definition) is 0. The Bertz CT molecular complexity index is 310. The van der Waals surface area contributed by atoms with E-state index in [1.807, 2.05) is 6.07 Å². The first-order valence-corrected chi connectivity index (χ1v) is 6.76. The Hall–Kier alpha value is -0.0500. The Morgan fingerprint density at radius 1 is 1.27 bits per heavy atom. The molecule has 0 saturated carbocycles. The first kappa shape index (κ1) is 13.0. The van der Waals surface area contributed by atoms with Gasteiger partial charge >= 0.3 is 0 Å². The van der Waals surface area contributed by atoms with Gasteiger partial charge in [0.05, 0.1) is 0 Å². The van der Waals surface area contributed by atoms with Crippen LogP contribution in [0.2, 0.25) is 5.02 Å². The zero-order valence-electron chi connectivity index (χ0n) is 9.26. The van der Waals surface area contributed by atoms with Gasteiger partial charge in [-0.1, -0.05) is 53.5 Å². The van der Waals surface area contributed by atoms with Crippen LogP contribution in [0.5, 0.6) is 0 Å². The molecule has 0 bridgehead atoms. The average Bonchev–Trinajstić information content (AvgIpc) is 2.28. The Morgan fingerprint density at radius 2 is 1.93 bits per heavy atom. The molecule has 3 heteroatoms. The molecule has 1 aromatic rings. The predicted molar refractivity (Wildman–Crippen MR) is 70.7 cm³/mol. The minimum Gasteiger partial charge on any atom is -0.300 e. The monoisotopic (exact) mass is 289 g/mol. The van der Waals surface area contributed by atoms with E-state index in [0.29, 0.717) is 0 Å². The van der Waals surface area contributed by atoms with Crippen LogP contribution in [0, 0.1) is 0 Å². The average molecular weight is 291 g/mol. The van der Waals surface area contributed by atoms with Crippen molar-refractivity contribution < 1.29 is 0 Å². The maximum absolute atomic E-state index is 6.06. The Labute approximate surface area is 106 Å². The van der Waals surface area contributed by atoms with Gasteiger partial charge in [0.25, 0.3) is 0 Å². The van der Waals surface area contributed by atoms with Crippen molar-refractivity contribution in [3.8, 4) is 0 Å². The van der Waals surface area contributed by atoms with Crippen LogP contribution in [0.3, 0.4) is 0 Å². The fourth-order valence-corrected chi connectivity index (χ4v) is 2.34. The van der Waals surface area contributed by atoms with Gasteiger partial charge in [-0.05, 0) is 30.3 Å². The number of benzene rings is 1. The van der Waals surface area contributed by atoms with Crippen LogP contribution in [-0.4, -0.2) is 18.0 Å². The molecule has 1 aromatic carbocycles. The minimum absolute atomic E-state index is 0.817. The van der Waals surface area contributed by atoms with Crippen LogP contribution in [0.4, 0.5) is 0 Å². The van der Waals surface area contributed by atoms with Crippen molar-refractivity contribution in [2.75, 3.05) is 13.1 Å². The summed E-state index contributed by atoms with van der Waals surface area (Å²) in [5.74, 6) is 0. The second-order valence-electron chi connectivity index (χ2n) is 3.52. The van der Waals surface area contributed by atoms with E-state index in [2.05, 4.69) is 46.8 Å². The molecular formula is C12H17BrClN. The van der Waals surface area contributed by atoms with Crippen molar-refractivity contribution >= 4 is 27.5 Å². The van der Waals surface area contributed by atoms with Gasteiger partial charge in [0.15, 0.2) is 0 Å². The molecule has 0 amide bonds. The summed E-state index contributed by atoms with van der Waals surface area (Å²) >= 11 is 9.50. The lowest BCUT2D eigenvalue weighted by atomic mass is 10.1. The van der Waals surface area contributed by atoms with Gasteiger partial charge in [-0.3, -0.25) is 4.90 Å². The van der Waals surface area contributed by atoms with Gasteiger partial charge in [0, 0.05) is 16.9 Å². The Balaban J connectivity index is 2.77. The number of rotatable bonds is 5. The van der Waals surface area contributed by atoms with E-state index in [9.17, 15) is 0 Å². The molecule has 0 saturated heterocycles. The largest absolute Gasteiger partial charge is 0.300 e. The number of hydrogen-bond acceptors (Lipinski definition) is 1. The summed E-state index contributed by atoms with van der Waals surface area (Å²) in [5, 5.41) is 1.66. The molecule has 0 atom stereocenters. The van der Waals surface area contributed by atoms with E-state index >= 15 is 0 Å². The molecule has 0 fully saturated rings. The first-order chi connectivity index (χ1) is 7.21. The fourth-order valence-electron chi connectivity index (χ4n) is 1.53. The van der Waals surface area contributed by atoms with Gasteiger partial charge in [-0.15, -0.1) is 0 Å². The highest BCUT2D eigenvalue weighted by Gasteiger charge is 2.04. The van der Waals surface area contributed by atoms with Crippen molar-refractivity contribution in [2.45, 2.75) is 25.7 Å². The second-order valence-corrected chi connectivity index (χ2v) is 4.49. The van der Waals surface area contributed by atoms with E-state index in [1.165, 1.54) is 11.1 Å². The molecule has 0 aliphatic heterocycles. The molecule has 0 heterocycles. The molecule has 15 heavy (non-hydrogen) atoms. The highest BCUT2D eigenvalue weighted by molar-refractivity contribution is 9.08. The van der Waals surface area contributed by atoms with Crippen molar-refractivity contribution in [1.29, 1.82) is 0 Å². The number of halogens is 2. The van der Waals surface area contributed by atoms with E-state index in [0.717, 1.165) is 30.0 Å². The SMILES string of the molecule is CCN(CC)Cc1ccc(Cl)c(CBr)c1. The maximum Gasteiger partial charge on any atom is 0.0446 e. The smallest absolute Gasteiger partial charge is 0.0446 e. The highest BCUT2D eigenvalue weighted by atomic mass is 79.9. The molecule has 0 radical (unpaired) electrons. The Kier molecular flexibility index (Phi) is 5.65. The van der Waals surface area contributed by atoms with Gasteiger partial charge in [-0.2, -0.15) is 0 Å². The standard InChI is InChI=1S/C12H17BrClN/c1-3-15(4-2)9-10-5-6-12(14)11(7-10)8-13/h5-7H,3-4,8-9H2,1-2H3. The van der Waals surface area contributed by atoms with Crippen LogP contribution in [0.1, 0.15) is 25.0 Å². The molecule has 1 nitrogen and oxygen atoms in total. The number of alkyl halides is 1. The van der Waals surface area contributed by atoms with Crippen LogP contribution < -0.4 is 0 Å². The summed E-state index contributed by atoms with van der Waals surface area (Å²) in [6.07, 6.45) is 0. The maximum atomic E-state index is 6.06. The quantitative estimate of drug-likeness (QED) is 0.739. The summed E-state index contributed by atoms with van der Waals surface area (Å²) < 4.78 is 0. The van der Waals surface area contributed by atoms with Crippen molar-refractivity contribution in [3.05, 3.63) is 34.3 Å². The lowest BCUT2D eigenvalue weighted by Crippen LogP contribution is -2.22. The molecular weight excluding hydrogens is 273 g/mol. The van der Waals surface area contributed by atoms with E-state index in [1.54, 1.807) is 0 Å². The van der Waals surface area contributed by atoms with E-state index in [-0.39, 0.29) is 0 Å². The fraction of sp³-hybridized carbons (Fsp3) is 0.500. The third-order valence-corrected chi connectivity index (χ3v) is 3.53. The van der Waals surface area contributed by atoms with Crippen LogP contribution >= 0.6 is 27.5 Å². The van der Waals surface area contributed by atoms with E-state index in [4.69, 9.17) is 11.6 Å². The van der Waals surface area contributed by atoms with E-state index < -0.39 is 0 Å². The molecule has 84 valence electrons. The molecule has 1 rings (SSSR count). The summed E-state index contributed by atoms with van der Waals surface area (Å²) in [7, 11) is 0. The highest BCUT2D eigenvalue weighted by Crippen LogP contribution is 2.20. The predicted octanol–water partition coefficient (Wildman–Crippen LogP) is 4.08. The third-order valence-electron chi connectivity index (χ3n) is 2.55. The summed E-state index contributed by atoms with van der Waals surface area (Å²) in [6.45, 7) is 7.55. The lowest BCUT2D eigenvalue weighted by Gasteiger charge is -2.18. The van der Waals surface area contributed by atoms with Crippen LogP contribution in [0.25, 0.3) is 0 Å².